The number of nitrogens with zero attached hydrogens (tertiary/aromatic N) is 1. The van der Waals surface area contributed by atoms with Crippen LogP contribution in [-0.4, -0.2) is 36.1 Å². The van der Waals surface area contributed by atoms with Gasteiger partial charge in [0.15, 0.2) is 0 Å². The van der Waals surface area contributed by atoms with E-state index in [1.807, 2.05) is 18.3 Å². The average molecular weight is 321 g/mol. The van der Waals surface area contributed by atoms with Gasteiger partial charge < -0.3 is 15.0 Å². The maximum atomic E-state index is 5.22. The van der Waals surface area contributed by atoms with E-state index >= 15 is 0 Å². The van der Waals surface area contributed by atoms with Gasteiger partial charge in [0.1, 0.15) is 5.75 Å². The van der Waals surface area contributed by atoms with Gasteiger partial charge in [-0.3, -0.25) is 4.90 Å². The van der Waals surface area contributed by atoms with Gasteiger partial charge >= 0.3 is 0 Å². The van der Waals surface area contributed by atoms with Gasteiger partial charge in [-0.25, -0.2) is 0 Å². The zero-order valence-electron chi connectivity index (χ0n) is 14.0. The highest BCUT2D eigenvalue weighted by atomic mass is 16.5. The smallest absolute Gasteiger partial charge is 0.118 e. The standard InChI is InChI=1S/C20H23N3O/c1-24-19-5-2-15(3-6-19)13-23-11-9-18(14-23)22-17-4-7-20-16(12-17)8-10-21-20/h2-8,10,12,18,21-22H,9,11,13-14H2,1H3/t18-/m1/s1. The summed E-state index contributed by atoms with van der Waals surface area (Å²) in [7, 11) is 1.70. The van der Waals surface area contributed by atoms with Crippen molar-refractivity contribution in [3.05, 3.63) is 60.3 Å². The lowest BCUT2D eigenvalue weighted by atomic mass is 10.2. The van der Waals surface area contributed by atoms with Gasteiger partial charge in [0.05, 0.1) is 7.11 Å². The summed E-state index contributed by atoms with van der Waals surface area (Å²) in [6, 6.07) is 17.5. The van der Waals surface area contributed by atoms with Crippen molar-refractivity contribution in [2.45, 2.75) is 19.0 Å². The minimum atomic E-state index is 0.514. The molecule has 1 aromatic heterocycles. The van der Waals surface area contributed by atoms with Crippen molar-refractivity contribution < 1.29 is 4.74 Å². The number of fused-ring (bicyclic) bond motifs is 1. The SMILES string of the molecule is COc1ccc(CN2CC[C@@H](Nc3ccc4[nH]ccc4c3)C2)cc1. The molecule has 1 aliphatic rings. The van der Waals surface area contributed by atoms with Crippen LogP contribution in [0.4, 0.5) is 5.69 Å². The molecule has 0 spiro atoms. The Kier molecular flexibility index (Phi) is 4.13. The van der Waals surface area contributed by atoms with Gasteiger partial charge in [0.25, 0.3) is 0 Å². The lowest BCUT2D eigenvalue weighted by Gasteiger charge is -2.17. The molecule has 1 atom stereocenters. The molecule has 2 N–H and O–H groups in total. The van der Waals surface area contributed by atoms with Gasteiger partial charge in [-0.05, 0) is 48.4 Å². The van der Waals surface area contributed by atoms with E-state index in [9.17, 15) is 0 Å². The molecule has 4 rings (SSSR count). The molecule has 0 amide bonds. The van der Waals surface area contributed by atoms with Gasteiger partial charge in [-0.2, -0.15) is 0 Å². The van der Waals surface area contributed by atoms with Gasteiger partial charge in [0, 0.05) is 48.5 Å². The molecule has 2 aromatic carbocycles. The van der Waals surface area contributed by atoms with Crippen LogP contribution in [0.1, 0.15) is 12.0 Å². The van der Waals surface area contributed by atoms with Crippen LogP contribution in [0.15, 0.2) is 54.7 Å². The van der Waals surface area contributed by atoms with Crippen LogP contribution >= 0.6 is 0 Å². The second-order valence-corrected chi connectivity index (χ2v) is 6.49. The number of methoxy groups -OCH3 is 1. The maximum absolute atomic E-state index is 5.22. The number of likely N-dealkylation sites (tertiary alicyclic amines) is 1. The van der Waals surface area contributed by atoms with E-state index in [0.717, 1.165) is 25.4 Å². The quantitative estimate of drug-likeness (QED) is 0.749. The van der Waals surface area contributed by atoms with Crippen LogP contribution in [0.5, 0.6) is 5.75 Å². The van der Waals surface area contributed by atoms with Crippen molar-refractivity contribution >= 4 is 16.6 Å². The summed E-state index contributed by atoms with van der Waals surface area (Å²) in [4.78, 5) is 5.75. The van der Waals surface area contributed by atoms with Crippen molar-refractivity contribution in [3.63, 3.8) is 0 Å². The lowest BCUT2D eigenvalue weighted by molar-refractivity contribution is 0.328. The van der Waals surface area contributed by atoms with Gasteiger partial charge in [0.2, 0.25) is 0 Å². The number of nitrogens with one attached hydrogen (secondary N) is 2. The molecular formula is C20H23N3O. The summed E-state index contributed by atoms with van der Waals surface area (Å²) in [5.41, 5.74) is 3.73. The van der Waals surface area contributed by atoms with Crippen LogP contribution in [0.25, 0.3) is 10.9 Å². The minimum absolute atomic E-state index is 0.514. The first-order valence-electron chi connectivity index (χ1n) is 8.49. The predicted molar refractivity (Wildman–Crippen MR) is 98.6 cm³/mol. The van der Waals surface area contributed by atoms with Crippen LogP contribution in [0.3, 0.4) is 0 Å². The zero-order chi connectivity index (χ0) is 16.4. The van der Waals surface area contributed by atoms with Crippen molar-refractivity contribution in [1.82, 2.24) is 9.88 Å². The molecule has 0 bridgehead atoms. The fraction of sp³-hybridized carbons (Fsp3) is 0.300. The molecule has 3 aromatic rings. The average Bonchev–Trinajstić information content (AvgIpc) is 3.24. The first kappa shape index (κ1) is 15.1. The number of aromatic nitrogens is 1. The van der Waals surface area contributed by atoms with E-state index in [4.69, 9.17) is 4.74 Å². The molecule has 24 heavy (non-hydrogen) atoms. The number of hydrogen-bond acceptors (Lipinski definition) is 3. The Morgan fingerprint density at radius 1 is 1.17 bits per heavy atom. The van der Waals surface area contributed by atoms with Crippen LogP contribution in [0, 0.1) is 0 Å². The number of rotatable bonds is 5. The normalized spacial score (nSPS) is 18.1. The number of ether oxygens (including phenoxy) is 1. The molecule has 2 heterocycles. The molecule has 4 nitrogen and oxygen atoms in total. The minimum Gasteiger partial charge on any atom is -0.497 e. The number of hydrogen-bond donors (Lipinski definition) is 2. The van der Waals surface area contributed by atoms with Gasteiger partial charge in [-0.15, -0.1) is 0 Å². The molecule has 1 fully saturated rings. The molecule has 0 saturated carbocycles. The number of H-pyrrole nitrogens is 1. The second-order valence-electron chi connectivity index (χ2n) is 6.49. The van der Waals surface area contributed by atoms with Crippen molar-refractivity contribution in [2.75, 3.05) is 25.5 Å². The highest BCUT2D eigenvalue weighted by Gasteiger charge is 2.22. The number of aromatic amines is 1. The third-order valence-corrected chi connectivity index (χ3v) is 4.76. The molecule has 1 aliphatic heterocycles. The van der Waals surface area contributed by atoms with Crippen LogP contribution in [-0.2, 0) is 6.54 Å². The Labute approximate surface area is 142 Å². The third kappa shape index (κ3) is 3.24. The largest absolute Gasteiger partial charge is 0.497 e. The van der Waals surface area contributed by atoms with E-state index in [-0.39, 0.29) is 0 Å². The number of benzene rings is 2. The second kappa shape index (κ2) is 6.57. The Bertz CT molecular complexity index is 809. The van der Waals surface area contributed by atoms with Crippen molar-refractivity contribution in [2.24, 2.45) is 0 Å². The summed E-state index contributed by atoms with van der Waals surface area (Å²) in [6.07, 6.45) is 3.17. The monoisotopic (exact) mass is 321 g/mol. The highest BCUT2D eigenvalue weighted by Crippen LogP contribution is 2.22. The van der Waals surface area contributed by atoms with Crippen molar-refractivity contribution in [3.8, 4) is 5.75 Å². The van der Waals surface area contributed by atoms with E-state index in [1.165, 1.54) is 28.6 Å². The Balaban J connectivity index is 1.35. The Hall–Kier alpha value is -2.46. The lowest BCUT2D eigenvalue weighted by Crippen LogP contribution is -2.25. The fourth-order valence-electron chi connectivity index (χ4n) is 3.46. The van der Waals surface area contributed by atoms with E-state index < -0.39 is 0 Å². The molecular weight excluding hydrogens is 298 g/mol. The zero-order valence-corrected chi connectivity index (χ0v) is 14.0. The first-order valence-corrected chi connectivity index (χ1v) is 8.49. The van der Waals surface area contributed by atoms with Gasteiger partial charge in [-0.1, -0.05) is 12.1 Å². The van der Waals surface area contributed by atoms with Crippen LogP contribution < -0.4 is 10.1 Å². The number of anilines is 1. The van der Waals surface area contributed by atoms with E-state index in [1.54, 1.807) is 7.11 Å². The summed E-state index contributed by atoms with van der Waals surface area (Å²) >= 11 is 0. The Morgan fingerprint density at radius 2 is 2.04 bits per heavy atom. The highest BCUT2D eigenvalue weighted by molar-refractivity contribution is 5.83. The molecule has 124 valence electrons. The fourth-order valence-corrected chi connectivity index (χ4v) is 3.46. The molecule has 0 radical (unpaired) electrons. The summed E-state index contributed by atoms with van der Waals surface area (Å²) < 4.78 is 5.22. The predicted octanol–water partition coefficient (Wildman–Crippen LogP) is 3.86. The molecule has 0 unspecified atom stereocenters. The first-order chi connectivity index (χ1) is 11.8. The topological polar surface area (TPSA) is 40.3 Å². The van der Waals surface area contributed by atoms with E-state index in [0.29, 0.717) is 6.04 Å². The Morgan fingerprint density at radius 3 is 2.88 bits per heavy atom. The summed E-state index contributed by atoms with van der Waals surface area (Å²) in [5.74, 6) is 0.917. The third-order valence-electron chi connectivity index (χ3n) is 4.76. The maximum Gasteiger partial charge on any atom is 0.118 e. The molecule has 0 aliphatic carbocycles. The molecule has 1 saturated heterocycles. The van der Waals surface area contributed by atoms with Crippen molar-refractivity contribution in [1.29, 1.82) is 0 Å². The van der Waals surface area contributed by atoms with E-state index in [2.05, 4.69) is 51.6 Å². The summed E-state index contributed by atoms with van der Waals surface area (Å²) in [5, 5.41) is 4.94. The van der Waals surface area contributed by atoms with Crippen LogP contribution in [0.2, 0.25) is 0 Å². The molecule has 4 heteroatoms. The summed E-state index contributed by atoms with van der Waals surface area (Å²) in [6.45, 7) is 3.21.